The topological polar surface area (TPSA) is 76.1 Å². The minimum atomic E-state index is -0.955. The van der Waals surface area contributed by atoms with Gasteiger partial charge in [0.1, 0.15) is 6.04 Å². The molecule has 0 saturated carbocycles. The van der Waals surface area contributed by atoms with Gasteiger partial charge >= 0.3 is 5.97 Å². The van der Waals surface area contributed by atoms with E-state index < -0.39 is 12.0 Å². The summed E-state index contributed by atoms with van der Waals surface area (Å²) < 4.78 is 11.0. The van der Waals surface area contributed by atoms with Crippen molar-refractivity contribution < 1.29 is 24.2 Å². The van der Waals surface area contributed by atoms with Gasteiger partial charge in [0.05, 0.1) is 13.7 Å². The molecular formula is C19H27NO5. The van der Waals surface area contributed by atoms with Crippen molar-refractivity contribution in [1.29, 1.82) is 0 Å². The first-order chi connectivity index (χ1) is 11.8. The Bertz CT molecular complexity index is 628. The van der Waals surface area contributed by atoms with Crippen molar-refractivity contribution in [1.82, 2.24) is 4.90 Å². The van der Waals surface area contributed by atoms with E-state index in [2.05, 4.69) is 0 Å². The first-order valence-electron chi connectivity index (χ1n) is 8.68. The number of hydrogen-bond acceptors (Lipinski definition) is 4. The second-order valence-corrected chi connectivity index (χ2v) is 7.05. The Morgan fingerprint density at radius 2 is 2.04 bits per heavy atom. The van der Waals surface area contributed by atoms with E-state index in [0.29, 0.717) is 48.5 Å². The summed E-state index contributed by atoms with van der Waals surface area (Å²) in [5, 5.41) is 9.45. The molecule has 1 heterocycles. The fourth-order valence-corrected chi connectivity index (χ4v) is 2.96. The Morgan fingerprint density at radius 1 is 1.32 bits per heavy atom. The molecule has 0 aliphatic carbocycles. The first kappa shape index (κ1) is 19.1. The number of amides is 1. The summed E-state index contributed by atoms with van der Waals surface area (Å²) in [6, 6.07) is 4.21. The molecule has 6 nitrogen and oxygen atoms in total. The Morgan fingerprint density at radius 3 is 2.64 bits per heavy atom. The van der Waals surface area contributed by atoms with Crippen molar-refractivity contribution in [2.24, 2.45) is 11.8 Å². The van der Waals surface area contributed by atoms with Gasteiger partial charge < -0.3 is 19.5 Å². The number of benzene rings is 1. The average Bonchev–Trinajstić information content (AvgIpc) is 2.58. The lowest BCUT2D eigenvalue weighted by atomic mass is 9.92. The first-order valence-corrected chi connectivity index (χ1v) is 8.68. The van der Waals surface area contributed by atoms with Gasteiger partial charge in [-0.25, -0.2) is 4.79 Å². The Hall–Kier alpha value is -2.24. The number of rotatable bonds is 6. The summed E-state index contributed by atoms with van der Waals surface area (Å²) in [6.45, 7) is 7.11. The third-order valence-electron chi connectivity index (χ3n) is 4.39. The highest BCUT2D eigenvalue weighted by atomic mass is 16.5. The molecular weight excluding hydrogens is 322 g/mol. The normalized spacial score (nSPS) is 20.4. The van der Waals surface area contributed by atoms with Crippen LogP contribution in [0.2, 0.25) is 0 Å². The van der Waals surface area contributed by atoms with E-state index in [-0.39, 0.29) is 5.91 Å². The molecule has 0 aromatic heterocycles. The molecule has 1 fully saturated rings. The summed E-state index contributed by atoms with van der Waals surface area (Å²) in [7, 11) is 1.52. The molecule has 0 radical (unpaired) electrons. The largest absolute Gasteiger partial charge is 0.493 e. The number of ether oxygens (including phenoxy) is 2. The minimum absolute atomic E-state index is 0.284. The van der Waals surface area contributed by atoms with Gasteiger partial charge in [-0.2, -0.15) is 0 Å². The second-order valence-electron chi connectivity index (χ2n) is 7.05. The quantitative estimate of drug-likeness (QED) is 0.854. The lowest BCUT2D eigenvalue weighted by molar-refractivity contribution is -0.144. The Labute approximate surface area is 148 Å². The van der Waals surface area contributed by atoms with Crippen LogP contribution >= 0.6 is 0 Å². The molecule has 1 saturated heterocycles. The van der Waals surface area contributed by atoms with Gasteiger partial charge in [-0.05, 0) is 42.9 Å². The molecule has 6 heteroatoms. The van der Waals surface area contributed by atoms with Gasteiger partial charge in [-0.3, -0.25) is 4.79 Å². The SMILES string of the molecule is COc1cc(C(=O)N2CCC(C)CC2C(=O)O)ccc1OCC(C)C. The van der Waals surface area contributed by atoms with Crippen LogP contribution < -0.4 is 9.47 Å². The summed E-state index contributed by atoms with van der Waals surface area (Å²) in [5.74, 6) is 0.486. The number of carboxylic acid groups (broad SMARTS) is 1. The van der Waals surface area contributed by atoms with Crippen molar-refractivity contribution in [2.45, 2.75) is 39.7 Å². The summed E-state index contributed by atoms with van der Waals surface area (Å²) in [4.78, 5) is 25.8. The molecule has 0 bridgehead atoms. The average molecular weight is 349 g/mol. The zero-order valence-electron chi connectivity index (χ0n) is 15.3. The molecule has 1 N–H and O–H groups in total. The standard InChI is InChI=1S/C19H27NO5/c1-12(2)11-25-16-6-5-14(10-17(16)24-4)18(21)20-8-7-13(3)9-15(20)19(22)23/h5-6,10,12-13,15H,7-9,11H2,1-4H3,(H,22,23). The molecule has 2 rings (SSSR count). The highest BCUT2D eigenvalue weighted by molar-refractivity contribution is 5.97. The fourth-order valence-electron chi connectivity index (χ4n) is 2.96. The van der Waals surface area contributed by atoms with Crippen LogP contribution in [0.4, 0.5) is 0 Å². The number of carbonyl (C=O) groups is 2. The van der Waals surface area contributed by atoms with E-state index in [4.69, 9.17) is 9.47 Å². The maximum absolute atomic E-state index is 12.8. The van der Waals surface area contributed by atoms with Crippen LogP contribution in [0.25, 0.3) is 0 Å². The zero-order chi connectivity index (χ0) is 18.6. The maximum atomic E-state index is 12.8. The fraction of sp³-hybridized carbons (Fsp3) is 0.579. The number of methoxy groups -OCH3 is 1. The summed E-state index contributed by atoms with van der Waals surface area (Å²) in [6.07, 6.45) is 1.29. The highest BCUT2D eigenvalue weighted by Crippen LogP contribution is 2.30. The number of piperidine rings is 1. The highest BCUT2D eigenvalue weighted by Gasteiger charge is 2.35. The number of hydrogen-bond donors (Lipinski definition) is 1. The predicted molar refractivity (Wildman–Crippen MR) is 94.2 cm³/mol. The van der Waals surface area contributed by atoms with Crippen molar-refractivity contribution in [3.8, 4) is 11.5 Å². The lowest BCUT2D eigenvalue weighted by Crippen LogP contribution is -2.49. The zero-order valence-corrected chi connectivity index (χ0v) is 15.3. The molecule has 2 unspecified atom stereocenters. The molecule has 1 aliphatic heterocycles. The molecule has 1 amide bonds. The van der Waals surface area contributed by atoms with Crippen LogP contribution in [0.15, 0.2) is 18.2 Å². The number of likely N-dealkylation sites (tertiary alicyclic amines) is 1. The molecule has 2 atom stereocenters. The van der Waals surface area contributed by atoms with E-state index >= 15 is 0 Å². The van der Waals surface area contributed by atoms with E-state index in [1.807, 2.05) is 20.8 Å². The van der Waals surface area contributed by atoms with Gasteiger partial charge in [0.15, 0.2) is 11.5 Å². The molecule has 1 aromatic rings. The third-order valence-corrected chi connectivity index (χ3v) is 4.39. The van der Waals surface area contributed by atoms with Gasteiger partial charge in [0.25, 0.3) is 5.91 Å². The molecule has 138 valence electrons. The Kier molecular flexibility index (Phi) is 6.28. The van der Waals surface area contributed by atoms with Gasteiger partial charge in [-0.1, -0.05) is 20.8 Å². The van der Waals surface area contributed by atoms with Crippen LogP contribution in [0.1, 0.15) is 44.0 Å². The van der Waals surface area contributed by atoms with Crippen LogP contribution in [-0.4, -0.2) is 48.2 Å². The molecule has 1 aromatic carbocycles. The number of carboxylic acids is 1. The monoisotopic (exact) mass is 349 g/mol. The Balaban J connectivity index is 2.22. The summed E-state index contributed by atoms with van der Waals surface area (Å²) in [5.41, 5.74) is 0.412. The van der Waals surface area contributed by atoms with Crippen LogP contribution in [0, 0.1) is 11.8 Å². The summed E-state index contributed by atoms with van der Waals surface area (Å²) >= 11 is 0. The van der Waals surface area contributed by atoms with E-state index in [1.165, 1.54) is 12.0 Å². The van der Waals surface area contributed by atoms with Crippen molar-refractivity contribution >= 4 is 11.9 Å². The van der Waals surface area contributed by atoms with Crippen LogP contribution in [-0.2, 0) is 4.79 Å². The smallest absolute Gasteiger partial charge is 0.326 e. The molecule has 0 spiro atoms. The molecule has 1 aliphatic rings. The number of nitrogens with zero attached hydrogens (tertiary/aromatic N) is 1. The van der Waals surface area contributed by atoms with Gasteiger partial charge in [0, 0.05) is 12.1 Å². The maximum Gasteiger partial charge on any atom is 0.326 e. The lowest BCUT2D eigenvalue weighted by Gasteiger charge is -2.36. The minimum Gasteiger partial charge on any atom is -0.493 e. The second kappa shape index (κ2) is 8.23. The van der Waals surface area contributed by atoms with Crippen LogP contribution in [0.3, 0.4) is 0 Å². The predicted octanol–water partition coefficient (Wildman–Crippen LogP) is 3.06. The van der Waals surface area contributed by atoms with Gasteiger partial charge in [-0.15, -0.1) is 0 Å². The third kappa shape index (κ3) is 4.65. The number of carbonyl (C=O) groups excluding carboxylic acids is 1. The van der Waals surface area contributed by atoms with E-state index in [0.717, 1.165) is 6.42 Å². The van der Waals surface area contributed by atoms with Gasteiger partial charge in [0.2, 0.25) is 0 Å². The molecule has 25 heavy (non-hydrogen) atoms. The van der Waals surface area contributed by atoms with Crippen molar-refractivity contribution in [3.05, 3.63) is 23.8 Å². The van der Waals surface area contributed by atoms with E-state index in [1.54, 1.807) is 18.2 Å². The van der Waals surface area contributed by atoms with E-state index in [9.17, 15) is 14.7 Å². The van der Waals surface area contributed by atoms with Crippen molar-refractivity contribution in [3.63, 3.8) is 0 Å². The van der Waals surface area contributed by atoms with Crippen LogP contribution in [0.5, 0.6) is 11.5 Å². The van der Waals surface area contributed by atoms with Crippen molar-refractivity contribution in [2.75, 3.05) is 20.3 Å². The number of aliphatic carboxylic acids is 1.